The second kappa shape index (κ2) is 8.40. The van der Waals surface area contributed by atoms with Gasteiger partial charge in [-0.1, -0.05) is 41.5 Å². The maximum Gasteiger partial charge on any atom is 0.250 e. The summed E-state index contributed by atoms with van der Waals surface area (Å²) in [6.45, 7) is 7.50. The van der Waals surface area contributed by atoms with Gasteiger partial charge in [-0.3, -0.25) is 9.69 Å². The van der Waals surface area contributed by atoms with E-state index in [1.54, 1.807) is 4.68 Å². The molecule has 8 nitrogen and oxygen atoms in total. The molecule has 2 aromatic carbocycles. The van der Waals surface area contributed by atoms with Crippen LogP contribution in [0.4, 0.5) is 11.6 Å². The number of carbonyl (C=O) groups excluding carboxylic acids is 1. The van der Waals surface area contributed by atoms with Gasteiger partial charge in [0.1, 0.15) is 0 Å². The van der Waals surface area contributed by atoms with Gasteiger partial charge in [0.15, 0.2) is 0 Å². The Bertz CT molecular complexity index is 957. The minimum absolute atomic E-state index is 0.0185. The van der Waals surface area contributed by atoms with E-state index < -0.39 is 0 Å². The molecule has 0 radical (unpaired) electrons. The van der Waals surface area contributed by atoms with Crippen LogP contribution in [0.15, 0.2) is 48.5 Å². The Balaban J connectivity index is 1.35. The van der Waals surface area contributed by atoms with Gasteiger partial charge in [-0.15, -0.1) is 0 Å². The predicted molar refractivity (Wildman–Crippen MR) is 112 cm³/mol. The number of nitrogens with zero attached hydrogens (tertiary/aromatic N) is 6. The van der Waals surface area contributed by atoms with E-state index in [1.807, 2.05) is 62.4 Å². The van der Waals surface area contributed by atoms with Crippen LogP contribution in [-0.4, -0.2) is 63.7 Å². The van der Waals surface area contributed by atoms with Crippen LogP contribution >= 0.6 is 0 Å². The monoisotopic (exact) mass is 391 g/mol. The van der Waals surface area contributed by atoms with Crippen molar-refractivity contribution < 1.29 is 4.79 Å². The number of carbonyl (C=O) groups is 1. The average Bonchev–Trinajstić information content (AvgIpc) is 3.22. The van der Waals surface area contributed by atoms with Crippen LogP contribution in [0.3, 0.4) is 0 Å². The molecule has 1 aromatic heterocycles. The summed E-state index contributed by atoms with van der Waals surface area (Å²) in [5.41, 5.74) is 4.01. The van der Waals surface area contributed by atoms with Crippen molar-refractivity contribution in [1.82, 2.24) is 25.1 Å². The third kappa shape index (κ3) is 4.27. The molecule has 0 atom stereocenters. The van der Waals surface area contributed by atoms with Crippen LogP contribution in [0, 0.1) is 13.8 Å². The van der Waals surface area contributed by atoms with E-state index in [4.69, 9.17) is 0 Å². The minimum atomic E-state index is 0.0185. The van der Waals surface area contributed by atoms with Crippen molar-refractivity contribution in [2.24, 2.45) is 0 Å². The van der Waals surface area contributed by atoms with E-state index in [-0.39, 0.29) is 5.91 Å². The summed E-state index contributed by atoms with van der Waals surface area (Å²) in [4.78, 5) is 16.9. The lowest BCUT2D eigenvalue weighted by molar-refractivity contribution is -0.117. The number of benzene rings is 2. The molecular weight excluding hydrogens is 366 g/mol. The molecule has 0 aliphatic carbocycles. The van der Waals surface area contributed by atoms with Crippen LogP contribution in [0.1, 0.15) is 11.1 Å². The summed E-state index contributed by atoms with van der Waals surface area (Å²) >= 11 is 0. The predicted octanol–water partition coefficient (Wildman–Crippen LogP) is 2.04. The Morgan fingerprint density at radius 2 is 1.66 bits per heavy atom. The molecule has 1 aliphatic rings. The normalized spacial score (nSPS) is 14.8. The number of amides is 1. The van der Waals surface area contributed by atoms with Gasteiger partial charge in [0.2, 0.25) is 11.9 Å². The van der Waals surface area contributed by atoms with E-state index in [0.29, 0.717) is 6.54 Å². The summed E-state index contributed by atoms with van der Waals surface area (Å²) in [6.07, 6.45) is 0. The zero-order chi connectivity index (χ0) is 20.2. The zero-order valence-electron chi connectivity index (χ0n) is 16.7. The van der Waals surface area contributed by atoms with E-state index >= 15 is 0 Å². The van der Waals surface area contributed by atoms with Gasteiger partial charge in [0.05, 0.1) is 12.2 Å². The van der Waals surface area contributed by atoms with Gasteiger partial charge in [-0.05, 0) is 47.5 Å². The molecule has 150 valence electrons. The SMILES string of the molecule is Cc1cccc(C)c1NC(=O)CN1CCN(c2nnnn2-c2ccccc2)CC1. The molecule has 0 unspecified atom stereocenters. The maximum atomic E-state index is 12.5. The van der Waals surface area contributed by atoms with Gasteiger partial charge >= 0.3 is 0 Å². The molecular formula is C21H25N7O. The Morgan fingerprint density at radius 3 is 2.34 bits per heavy atom. The lowest BCUT2D eigenvalue weighted by atomic mass is 10.1. The fourth-order valence-electron chi connectivity index (χ4n) is 3.62. The quantitative estimate of drug-likeness (QED) is 0.717. The minimum Gasteiger partial charge on any atom is -0.337 e. The molecule has 2 heterocycles. The van der Waals surface area contributed by atoms with Crippen molar-refractivity contribution in [3.63, 3.8) is 0 Å². The second-order valence-corrected chi connectivity index (χ2v) is 7.30. The highest BCUT2D eigenvalue weighted by Crippen LogP contribution is 2.20. The standard InChI is InChI=1S/C21H25N7O/c1-16-7-6-8-17(2)20(16)22-19(29)15-26-11-13-27(14-12-26)21-23-24-25-28(21)18-9-4-3-5-10-18/h3-10H,11-15H2,1-2H3,(H,22,29). The van der Waals surface area contributed by atoms with Crippen LogP contribution in [0.5, 0.6) is 0 Å². The van der Waals surface area contributed by atoms with E-state index in [2.05, 4.69) is 30.6 Å². The number of nitrogens with one attached hydrogen (secondary N) is 1. The van der Waals surface area contributed by atoms with Crippen molar-refractivity contribution in [3.8, 4) is 5.69 Å². The fourth-order valence-corrected chi connectivity index (χ4v) is 3.62. The highest BCUT2D eigenvalue weighted by Gasteiger charge is 2.23. The largest absolute Gasteiger partial charge is 0.337 e. The lowest BCUT2D eigenvalue weighted by Gasteiger charge is -2.34. The first kappa shape index (κ1) is 19.1. The number of para-hydroxylation sites is 2. The number of tetrazole rings is 1. The van der Waals surface area contributed by atoms with Gasteiger partial charge in [-0.2, -0.15) is 4.68 Å². The smallest absolute Gasteiger partial charge is 0.250 e. The van der Waals surface area contributed by atoms with Crippen LogP contribution in [0.25, 0.3) is 5.69 Å². The highest BCUT2D eigenvalue weighted by atomic mass is 16.2. The fraction of sp³-hybridized carbons (Fsp3) is 0.333. The van der Waals surface area contributed by atoms with Crippen molar-refractivity contribution >= 4 is 17.5 Å². The number of hydrogen-bond acceptors (Lipinski definition) is 6. The summed E-state index contributed by atoms with van der Waals surface area (Å²) in [5.74, 6) is 0.751. The van der Waals surface area contributed by atoms with Crippen molar-refractivity contribution in [3.05, 3.63) is 59.7 Å². The Hall–Kier alpha value is -3.26. The molecule has 29 heavy (non-hydrogen) atoms. The van der Waals surface area contributed by atoms with Crippen LogP contribution in [-0.2, 0) is 4.79 Å². The molecule has 8 heteroatoms. The molecule has 1 aliphatic heterocycles. The Kier molecular flexibility index (Phi) is 5.53. The molecule has 1 saturated heterocycles. The van der Waals surface area contributed by atoms with Gasteiger partial charge in [0.25, 0.3) is 0 Å². The third-order valence-electron chi connectivity index (χ3n) is 5.22. The van der Waals surface area contributed by atoms with Crippen molar-refractivity contribution in [1.29, 1.82) is 0 Å². The lowest BCUT2D eigenvalue weighted by Crippen LogP contribution is -2.49. The van der Waals surface area contributed by atoms with Crippen LogP contribution in [0.2, 0.25) is 0 Å². The number of piperazine rings is 1. The number of aryl methyl sites for hydroxylation is 2. The van der Waals surface area contributed by atoms with Crippen LogP contribution < -0.4 is 10.2 Å². The van der Waals surface area contributed by atoms with Gasteiger partial charge in [0, 0.05) is 31.9 Å². The molecule has 0 spiro atoms. The Morgan fingerprint density at radius 1 is 0.966 bits per heavy atom. The van der Waals surface area contributed by atoms with E-state index in [9.17, 15) is 4.79 Å². The second-order valence-electron chi connectivity index (χ2n) is 7.30. The summed E-state index contributed by atoms with van der Waals surface area (Å²) in [5, 5.41) is 15.2. The maximum absolute atomic E-state index is 12.5. The molecule has 4 rings (SSSR count). The summed E-state index contributed by atoms with van der Waals surface area (Å²) in [6, 6.07) is 15.9. The molecule has 1 amide bonds. The van der Waals surface area contributed by atoms with Crippen molar-refractivity contribution in [2.75, 3.05) is 42.9 Å². The first-order chi connectivity index (χ1) is 14.1. The Labute approximate surface area is 170 Å². The first-order valence-electron chi connectivity index (χ1n) is 9.79. The topological polar surface area (TPSA) is 79.2 Å². The zero-order valence-corrected chi connectivity index (χ0v) is 16.7. The van der Waals surface area contributed by atoms with Gasteiger partial charge < -0.3 is 10.2 Å². The van der Waals surface area contributed by atoms with Crippen molar-refractivity contribution in [2.45, 2.75) is 13.8 Å². The van der Waals surface area contributed by atoms with Gasteiger partial charge in [-0.25, -0.2) is 0 Å². The average molecular weight is 391 g/mol. The number of anilines is 2. The molecule has 3 aromatic rings. The molecule has 0 saturated carbocycles. The molecule has 1 fully saturated rings. The third-order valence-corrected chi connectivity index (χ3v) is 5.22. The number of rotatable bonds is 5. The van der Waals surface area contributed by atoms with E-state index in [1.165, 1.54) is 0 Å². The summed E-state index contributed by atoms with van der Waals surface area (Å²) in [7, 11) is 0. The highest BCUT2D eigenvalue weighted by molar-refractivity contribution is 5.93. The first-order valence-corrected chi connectivity index (χ1v) is 9.79. The summed E-state index contributed by atoms with van der Waals surface area (Å²) < 4.78 is 1.75. The number of hydrogen-bond donors (Lipinski definition) is 1. The molecule has 1 N–H and O–H groups in total. The number of aromatic nitrogens is 4. The van der Waals surface area contributed by atoms with E-state index in [0.717, 1.165) is 54.6 Å². The molecule has 0 bridgehead atoms.